The van der Waals surface area contributed by atoms with Gasteiger partial charge < -0.3 is 5.32 Å². The average molecular weight is 264 g/mol. The Morgan fingerprint density at radius 1 is 1.28 bits per heavy atom. The SMILES string of the molecule is Cc1cc(C)c(NC(=O)c2cc(C)[nH]n2)c(Cl)c1. The number of carbonyl (C=O) groups is 1. The Morgan fingerprint density at radius 3 is 2.56 bits per heavy atom. The number of anilines is 1. The Morgan fingerprint density at radius 2 is 2.00 bits per heavy atom. The summed E-state index contributed by atoms with van der Waals surface area (Å²) < 4.78 is 0. The Kier molecular flexibility index (Phi) is 3.39. The van der Waals surface area contributed by atoms with Crippen LogP contribution in [-0.2, 0) is 0 Å². The van der Waals surface area contributed by atoms with Crippen LogP contribution in [0.25, 0.3) is 0 Å². The van der Waals surface area contributed by atoms with Crippen molar-refractivity contribution in [2.24, 2.45) is 0 Å². The van der Waals surface area contributed by atoms with Gasteiger partial charge >= 0.3 is 0 Å². The number of aryl methyl sites for hydroxylation is 3. The molecule has 2 N–H and O–H groups in total. The number of hydrogen-bond acceptors (Lipinski definition) is 2. The lowest BCUT2D eigenvalue weighted by Gasteiger charge is -2.10. The van der Waals surface area contributed by atoms with E-state index in [1.54, 1.807) is 6.07 Å². The van der Waals surface area contributed by atoms with Gasteiger partial charge in [0.1, 0.15) is 0 Å². The van der Waals surface area contributed by atoms with E-state index in [0.29, 0.717) is 16.4 Å². The lowest BCUT2D eigenvalue weighted by Crippen LogP contribution is -2.13. The summed E-state index contributed by atoms with van der Waals surface area (Å²) in [7, 11) is 0. The van der Waals surface area contributed by atoms with Crippen LogP contribution in [-0.4, -0.2) is 16.1 Å². The van der Waals surface area contributed by atoms with E-state index >= 15 is 0 Å². The van der Waals surface area contributed by atoms with Crippen LogP contribution in [0, 0.1) is 20.8 Å². The molecule has 0 fully saturated rings. The van der Waals surface area contributed by atoms with Gasteiger partial charge in [-0.25, -0.2) is 0 Å². The Balaban J connectivity index is 2.27. The molecule has 4 nitrogen and oxygen atoms in total. The predicted octanol–water partition coefficient (Wildman–Crippen LogP) is 3.24. The summed E-state index contributed by atoms with van der Waals surface area (Å²) in [5.74, 6) is -0.270. The minimum Gasteiger partial charge on any atom is -0.319 e. The van der Waals surface area contributed by atoms with Gasteiger partial charge in [-0.05, 0) is 44.0 Å². The topological polar surface area (TPSA) is 57.8 Å². The fraction of sp³-hybridized carbons (Fsp3) is 0.231. The zero-order valence-corrected chi connectivity index (χ0v) is 11.2. The van der Waals surface area contributed by atoms with Crippen molar-refractivity contribution in [2.45, 2.75) is 20.8 Å². The van der Waals surface area contributed by atoms with Crippen LogP contribution in [0.4, 0.5) is 5.69 Å². The highest BCUT2D eigenvalue weighted by Crippen LogP contribution is 2.27. The number of H-pyrrole nitrogens is 1. The molecule has 0 aliphatic carbocycles. The van der Waals surface area contributed by atoms with Crippen LogP contribution in [0.1, 0.15) is 27.3 Å². The molecule has 18 heavy (non-hydrogen) atoms. The zero-order valence-electron chi connectivity index (χ0n) is 10.5. The molecule has 1 heterocycles. The number of benzene rings is 1. The molecule has 94 valence electrons. The minimum absolute atomic E-state index is 0.270. The van der Waals surface area contributed by atoms with Gasteiger partial charge in [-0.3, -0.25) is 9.89 Å². The lowest BCUT2D eigenvalue weighted by atomic mass is 10.1. The Labute approximate surface area is 110 Å². The number of nitrogens with one attached hydrogen (secondary N) is 2. The van der Waals surface area contributed by atoms with Crippen LogP contribution in [0.2, 0.25) is 5.02 Å². The lowest BCUT2D eigenvalue weighted by molar-refractivity contribution is 0.102. The maximum Gasteiger partial charge on any atom is 0.276 e. The summed E-state index contributed by atoms with van der Waals surface area (Å²) in [6, 6.07) is 5.48. The Bertz CT molecular complexity index is 581. The van der Waals surface area contributed by atoms with Crippen molar-refractivity contribution >= 4 is 23.2 Å². The van der Waals surface area contributed by atoms with Crippen LogP contribution < -0.4 is 5.32 Å². The van der Waals surface area contributed by atoms with Crippen molar-refractivity contribution < 1.29 is 4.79 Å². The van der Waals surface area contributed by atoms with Crippen LogP contribution in [0.5, 0.6) is 0 Å². The van der Waals surface area contributed by atoms with Crippen molar-refractivity contribution in [1.82, 2.24) is 10.2 Å². The molecule has 0 unspecified atom stereocenters. The van der Waals surface area contributed by atoms with Gasteiger partial charge in [0.15, 0.2) is 5.69 Å². The third-order valence-electron chi connectivity index (χ3n) is 2.61. The molecular formula is C13H14ClN3O. The number of nitrogens with zero attached hydrogens (tertiary/aromatic N) is 1. The normalized spacial score (nSPS) is 10.4. The average Bonchev–Trinajstić information content (AvgIpc) is 2.70. The molecule has 0 radical (unpaired) electrons. The molecule has 5 heteroatoms. The fourth-order valence-electron chi connectivity index (χ4n) is 1.79. The predicted molar refractivity (Wildman–Crippen MR) is 72.2 cm³/mol. The van der Waals surface area contributed by atoms with E-state index in [2.05, 4.69) is 15.5 Å². The smallest absolute Gasteiger partial charge is 0.276 e. The number of amides is 1. The van der Waals surface area contributed by atoms with E-state index < -0.39 is 0 Å². The van der Waals surface area contributed by atoms with Gasteiger partial charge in [0.05, 0.1) is 10.7 Å². The minimum atomic E-state index is -0.270. The molecule has 0 saturated heterocycles. The second-order valence-electron chi connectivity index (χ2n) is 4.33. The third-order valence-corrected chi connectivity index (χ3v) is 2.91. The maximum absolute atomic E-state index is 12.0. The van der Waals surface area contributed by atoms with Crippen LogP contribution >= 0.6 is 11.6 Å². The fourth-order valence-corrected chi connectivity index (χ4v) is 2.15. The first kappa shape index (κ1) is 12.6. The molecule has 0 bridgehead atoms. The van der Waals surface area contributed by atoms with E-state index in [0.717, 1.165) is 16.8 Å². The molecule has 0 spiro atoms. The van der Waals surface area contributed by atoms with Crippen molar-refractivity contribution in [1.29, 1.82) is 0 Å². The summed E-state index contributed by atoms with van der Waals surface area (Å²) in [4.78, 5) is 12.0. The van der Waals surface area contributed by atoms with Crippen molar-refractivity contribution in [2.75, 3.05) is 5.32 Å². The highest BCUT2D eigenvalue weighted by Gasteiger charge is 2.13. The molecule has 0 atom stereocenters. The summed E-state index contributed by atoms with van der Waals surface area (Å²) in [6.45, 7) is 5.71. The van der Waals surface area contributed by atoms with Gasteiger partial charge in [0.2, 0.25) is 0 Å². The second-order valence-corrected chi connectivity index (χ2v) is 4.74. The summed E-state index contributed by atoms with van der Waals surface area (Å²) in [5.41, 5.74) is 3.81. The maximum atomic E-state index is 12.0. The molecule has 2 aromatic rings. The number of rotatable bonds is 2. The molecule has 1 aromatic carbocycles. The second kappa shape index (κ2) is 4.82. The standard InChI is InChI=1S/C13H14ClN3O/c1-7-4-8(2)12(10(14)5-7)15-13(18)11-6-9(3)16-17-11/h4-6H,1-3H3,(H,15,18)(H,16,17). The van der Waals surface area contributed by atoms with Gasteiger partial charge in [-0.1, -0.05) is 17.7 Å². The monoisotopic (exact) mass is 263 g/mol. The van der Waals surface area contributed by atoms with Crippen molar-refractivity contribution in [3.8, 4) is 0 Å². The van der Waals surface area contributed by atoms with E-state index in [-0.39, 0.29) is 5.91 Å². The van der Waals surface area contributed by atoms with Gasteiger partial charge in [-0.2, -0.15) is 5.10 Å². The Hall–Kier alpha value is -1.81. The molecule has 1 aromatic heterocycles. The molecule has 1 amide bonds. The number of hydrogen-bond donors (Lipinski definition) is 2. The number of aromatic amines is 1. The van der Waals surface area contributed by atoms with Crippen LogP contribution in [0.3, 0.4) is 0 Å². The highest BCUT2D eigenvalue weighted by molar-refractivity contribution is 6.34. The first-order valence-corrected chi connectivity index (χ1v) is 5.95. The molecule has 0 aliphatic rings. The van der Waals surface area contributed by atoms with Crippen molar-refractivity contribution in [3.05, 3.63) is 45.7 Å². The van der Waals surface area contributed by atoms with E-state index in [9.17, 15) is 4.79 Å². The largest absolute Gasteiger partial charge is 0.319 e. The summed E-state index contributed by atoms with van der Waals surface area (Å²) >= 11 is 6.13. The van der Waals surface area contributed by atoms with Crippen molar-refractivity contribution in [3.63, 3.8) is 0 Å². The zero-order chi connectivity index (χ0) is 13.3. The number of aromatic nitrogens is 2. The quantitative estimate of drug-likeness (QED) is 0.874. The summed E-state index contributed by atoms with van der Waals surface area (Å²) in [5, 5.41) is 9.96. The van der Waals surface area contributed by atoms with E-state index in [1.807, 2.05) is 32.9 Å². The third kappa shape index (κ3) is 2.54. The molecular weight excluding hydrogens is 250 g/mol. The van der Waals surface area contributed by atoms with Crippen LogP contribution in [0.15, 0.2) is 18.2 Å². The molecule has 0 aliphatic heterocycles. The van der Waals surface area contributed by atoms with Gasteiger partial charge in [0.25, 0.3) is 5.91 Å². The van der Waals surface area contributed by atoms with E-state index in [1.165, 1.54) is 0 Å². The highest BCUT2D eigenvalue weighted by atomic mass is 35.5. The molecule has 0 saturated carbocycles. The first-order valence-electron chi connectivity index (χ1n) is 5.57. The number of halogens is 1. The van der Waals surface area contributed by atoms with Gasteiger partial charge in [0, 0.05) is 5.69 Å². The van der Waals surface area contributed by atoms with E-state index in [4.69, 9.17) is 11.6 Å². The number of carbonyl (C=O) groups excluding carboxylic acids is 1. The molecule has 2 rings (SSSR count). The summed E-state index contributed by atoms with van der Waals surface area (Å²) in [6.07, 6.45) is 0. The van der Waals surface area contributed by atoms with Gasteiger partial charge in [-0.15, -0.1) is 0 Å². The first-order chi connectivity index (χ1) is 8.47.